The lowest BCUT2D eigenvalue weighted by atomic mass is 10.0. The fraction of sp³-hybridized carbons (Fsp3) is 0.333. The Balaban J connectivity index is 1.82. The van der Waals surface area contributed by atoms with Crippen molar-refractivity contribution in [3.05, 3.63) is 99.0 Å². The van der Waals surface area contributed by atoms with E-state index in [1.54, 1.807) is 28.8 Å². The van der Waals surface area contributed by atoms with E-state index in [0.29, 0.717) is 34.3 Å². The molecule has 0 fully saturated rings. The Morgan fingerprint density at radius 2 is 1.63 bits per heavy atom. The Hall–Kier alpha value is -2.18. The van der Waals surface area contributed by atoms with E-state index in [2.05, 4.69) is 5.32 Å². The first kappa shape index (κ1) is 30.4. The highest BCUT2D eigenvalue weighted by Crippen LogP contribution is 2.26. The van der Waals surface area contributed by atoms with E-state index < -0.39 is 6.04 Å². The monoisotopic (exact) mass is 590 g/mol. The minimum atomic E-state index is -0.686. The summed E-state index contributed by atoms with van der Waals surface area (Å²) in [5, 5.41) is 4.77. The third-order valence-corrected chi connectivity index (χ3v) is 8.18. The molecule has 3 aromatic rings. The molecule has 0 saturated heterocycles. The number of carbonyl (C=O) groups is 2. The van der Waals surface area contributed by atoms with Gasteiger partial charge in [-0.1, -0.05) is 78.1 Å². The summed E-state index contributed by atoms with van der Waals surface area (Å²) in [6.07, 6.45) is 2.18. The van der Waals surface area contributed by atoms with E-state index in [0.717, 1.165) is 28.2 Å². The number of amides is 2. The lowest BCUT2D eigenvalue weighted by Gasteiger charge is -2.32. The van der Waals surface area contributed by atoms with Crippen LogP contribution in [0.2, 0.25) is 15.1 Å². The van der Waals surface area contributed by atoms with Gasteiger partial charge in [-0.25, -0.2) is 0 Å². The van der Waals surface area contributed by atoms with Crippen molar-refractivity contribution in [1.29, 1.82) is 0 Å². The molecule has 0 radical (unpaired) electrons. The second-order valence-corrected chi connectivity index (χ2v) is 11.6. The first-order chi connectivity index (χ1) is 18.3. The zero-order valence-corrected chi connectivity index (χ0v) is 24.7. The summed E-state index contributed by atoms with van der Waals surface area (Å²) in [5.41, 5.74) is 1.73. The van der Waals surface area contributed by atoms with Crippen LogP contribution < -0.4 is 5.32 Å². The first-order valence-electron chi connectivity index (χ1n) is 12.7. The number of hydrogen-bond donors (Lipinski definition) is 1. The number of thioether (sulfide) groups is 1. The topological polar surface area (TPSA) is 49.4 Å². The van der Waals surface area contributed by atoms with E-state index in [1.165, 1.54) is 0 Å². The normalized spacial score (nSPS) is 12.6. The zero-order chi connectivity index (χ0) is 27.5. The van der Waals surface area contributed by atoms with E-state index >= 15 is 0 Å². The molecule has 0 aliphatic rings. The van der Waals surface area contributed by atoms with Crippen LogP contribution in [0.1, 0.15) is 44.2 Å². The molecule has 3 aromatic carbocycles. The molecule has 3 rings (SSSR count). The maximum atomic E-state index is 13.7. The Kier molecular flexibility index (Phi) is 12.3. The van der Waals surface area contributed by atoms with Gasteiger partial charge in [0.15, 0.2) is 0 Å². The Labute approximate surface area is 245 Å². The van der Waals surface area contributed by atoms with Gasteiger partial charge in [0.25, 0.3) is 0 Å². The number of nitrogens with one attached hydrogen (secondary N) is 1. The molecule has 0 aliphatic heterocycles. The van der Waals surface area contributed by atoms with Crippen molar-refractivity contribution < 1.29 is 9.59 Å². The van der Waals surface area contributed by atoms with Gasteiger partial charge in [-0.15, -0.1) is 11.8 Å². The van der Waals surface area contributed by atoms with Crippen LogP contribution in [0.5, 0.6) is 0 Å². The molecule has 4 nitrogen and oxygen atoms in total. The molecule has 2 amide bonds. The molecule has 202 valence electrons. The van der Waals surface area contributed by atoms with Crippen molar-refractivity contribution >= 4 is 58.4 Å². The Morgan fingerprint density at radius 3 is 2.29 bits per heavy atom. The largest absolute Gasteiger partial charge is 0.352 e. The first-order valence-corrected chi connectivity index (χ1v) is 14.8. The summed E-state index contributed by atoms with van der Waals surface area (Å²) < 4.78 is 0. The molecule has 0 aliphatic carbocycles. The van der Waals surface area contributed by atoms with E-state index in [-0.39, 0.29) is 24.4 Å². The van der Waals surface area contributed by atoms with Gasteiger partial charge >= 0.3 is 0 Å². The predicted octanol–water partition coefficient (Wildman–Crippen LogP) is 8.07. The summed E-state index contributed by atoms with van der Waals surface area (Å²) in [6.45, 7) is 4.20. The highest BCUT2D eigenvalue weighted by atomic mass is 35.5. The number of halogens is 3. The minimum Gasteiger partial charge on any atom is -0.352 e. The summed E-state index contributed by atoms with van der Waals surface area (Å²) in [5.74, 6) is 0.510. The molecule has 0 heterocycles. The van der Waals surface area contributed by atoms with Gasteiger partial charge in [-0.05, 0) is 73.0 Å². The third-order valence-electron chi connectivity index (χ3n) is 6.25. The van der Waals surface area contributed by atoms with Gasteiger partial charge in [0.05, 0.1) is 0 Å². The van der Waals surface area contributed by atoms with Crippen LogP contribution in [0.25, 0.3) is 0 Å². The lowest BCUT2D eigenvalue weighted by molar-refractivity contribution is -0.141. The number of carbonyl (C=O) groups excluding carboxylic acids is 2. The quantitative estimate of drug-likeness (QED) is 0.161. The number of hydrogen-bond acceptors (Lipinski definition) is 3. The smallest absolute Gasteiger partial charge is 0.243 e. The molecule has 0 aromatic heterocycles. The van der Waals surface area contributed by atoms with Crippen LogP contribution in [0.3, 0.4) is 0 Å². The van der Waals surface area contributed by atoms with Gasteiger partial charge in [-0.3, -0.25) is 9.59 Å². The third kappa shape index (κ3) is 9.53. The van der Waals surface area contributed by atoms with E-state index in [1.807, 2.05) is 74.5 Å². The van der Waals surface area contributed by atoms with E-state index in [4.69, 9.17) is 34.8 Å². The highest BCUT2D eigenvalue weighted by molar-refractivity contribution is 7.99. The fourth-order valence-electron chi connectivity index (χ4n) is 3.92. The average Bonchev–Trinajstić information content (AvgIpc) is 2.91. The van der Waals surface area contributed by atoms with Gasteiger partial charge in [0.1, 0.15) is 6.04 Å². The van der Waals surface area contributed by atoms with Gasteiger partial charge in [0, 0.05) is 45.4 Å². The zero-order valence-electron chi connectivity index (χ0n) is 21.6. The molecule has 1 N–H and O–H groups in total. The maximum Gasteiger partial charge on any atom is 0.243 e. The van der Waals surface area contributed by atoms with Crippen LogP contribution in [-0.2, 0) is 22.6 Å². The molecule has 0 unspecified atom stereocenters. The molecule has 0 spiro atoms. The minimum absolute atomic E-state index is 0.00683. The second-order valence-electron chi connectivity index (χ2n) is 9.19. The van der Waals surface area contributed by atoms with Gasteiger partial charge < -0.3 is 10.2 Å². The predicted molar refractivity (Wildman–Crippen MR) is 160 cm³/mol. The molecule has 2 atom stereocenters. The lowest BCUT2D eigenvalue weighted by Crippen LogP contribution is -2.52. The molecule has 38 heavy (non-hydrogen) atoms. The molecule has 8 heteroatoms. The Morgan fingerprint density at radius 1 is 0.947 bits per heavy atom. The number of nitrogens with zero attached hydrogens (tertiary/aromatic N) is 1. The maximum absolute atomic E-state index is 13.7. The summed E-state index contributed by atoms with van der Waals surface area (Å²) in [6, 6.07) is 22.0. The van der Waals surface area contributed by atoms with Gasteiger partial charge in [0.2, 0.25) is 11.8 Å². The summed E-state index contributed by atoms with van der Waals surface area (Å²) >= 11 is 20.3. The summed E-state index contributed by atoms with van der Waals surface area (Å²) in [7, 11) is 0. The van der Waals surface area contributed by atoms with Crippen LogP contribution in [-0.4, -0.2) is 34.6 Å². The molecular formula is C30H33Cl3N2O2S. The Bertz CT molecular complexity index is 1190. The van der Waals surface area contributed by atoms with Crippen LogP contribution in [0.4, 0.5) is 0 Å². The molecule has 0 saturated carbocycles. The van der Waals surface area contributed by atoms with Crippen LogP contribution in [0, 0.1) is 0 Å². The highest BCUT2D eigenvalue weighted by Gasteiger charge is 2.31. The SMILES string of the molecule is CC[C@H](C)NC(=O)[C@@H](Cc1ccccc1)N(Cc1ccc(Cl)cc1Cl)C(=O)CCCSc1ccc(Cl)cc1. The number of rotatable bonds is 13. The van der Waals surface area contributed by atoms with Crippen molar-refractivity contribution in [3.63, 3.8) is 0 Å². The molecular weight excluding hydrogens is 559 g/mol. The van der Waals surface area contributed by atoms with Crippen molar-refractivity contribution in [3.8, 4) is 0 Å². The van der Waals surface area contributed by atoms with Crippen molar-refractivity contribution in [2.45, 2.75) is 63.1 Å². The van der Waals surface area contributed by atoms with Crippen molar-refractivity contribution in [2.24, 2.45) is 0 Å². The van der Waals surface area contributed by atoms with Crippen LogP contribution >= 0.6 is 46.6 Å². The van der Waals surface area contributed by atoms with Gasteiger partial charge in [-0.2, -0.15) is 0 Å². The standard InChI is InChI=1S/C30H33Cl3N2O2S/c1-3-21(2)34-30(37)28(18-22-8-5-4-6-9-22)35(20-23-11-12-25(32)19-27(23)33)29(36)10-7-17-38-26-15-13-24(31)14-16-26/h4-6,8-9,11-16,19,21,28H,3,7,10,17-18,20H2,1-2H3,(H,34,37)/t21-,28+/m0/s1. The van der Waals surface area contributed by atoms with Crippen molar-refractivity contribution in [2.75, 3.05) is 5.75 Å². The second kappa shape index (κ2) is 15.4. The summed E-state index contributed by atoms with van der Waals surface area (Å²) in [4.78, 5) is 30.1. The fourth-order valence-corrected chi connectivity index (χ4v) is 5.36. The average molecular weight is 592 g/mol. The van der Waals surface area contributed by atoms with E-state index in [9.17, 15) is 9.59 Å². The number of benzene rings is 3. The molecule has 0 bridgehead atoms. The van der Waals surface area contributed by atoms with Crippen molar-refractivity contribution in [1.82, 2.24) is 10.2 Å². The van der Waals surface area contributed by atoms with Crippen LogP contribution in [0.15, 0.2) is 77.7 Å².